The third-order valence-electron chi connectivity index (χ3n) is 14.2. The lowest BCUT2D eigenvalue weighted by atomic mass is 9.95. The fraction of sp³-hybridized carbons (Fsp3) is 0.823. The molecule has 0 aliphatic carbocycles. The van der Waals surface area contributed by atoms with Crippen LogP contribution in [0.1, 0.15) is 360 Å². The van der Waals surface area contributed by atoms with Crippen LogP contribution >= 0.6 is 0 Å². The average Bonchev–Trinajstić information content (AvgIpc) is 3.34. The van der Waals surface area contributed by atoms with Crippen molar-refractivity contribution in [3.63, 3.8) is 0 Å². The summed E-state index contributed by atoms with van der Waals surface area (Å²) in [5.41, 5.74) is -0.459. The van der Waals surface area contributed by atoms with Crippen LogP contribution in [-0.4, -0.2) is 29.7 Å². The van der Waals surface area contributed by atoms with Crippen LogP contribution in [0.3, 0.4) is 0 Å². The quantitative estimate of drug-likeness (QED) is 0.0277. The first kappa shape index (κ1) is 64.2. The van der Waals surface area contributed by atoms with E-state index in [1.54, 1.807) is 0 Å². The SMILES string of the molecule is CCCCCCCCCCCCCCCCCC(=O)OC(=O)c1cccc(C(=O)CCCCCCCCCCCCCCCCC)c1C(=O)OC(=O)CCCCCCCCCCCCCCCCC. The van der Waals surface area contributed by atoms with Gasteiger partial charge in [0, 0.05) is 24.8 Å². The predicted molar refractivity (Wildman–Crippen MR) is 290 cm³/mol. The molecule has 1 rings (SSSR count). The van der Waals surface area contributed by atoms with Gasteiger partial charge in [-0.05, 0) is 25.3 Å². The fourth-order valence-electron chi connectivity index (χ4n) is 9.66. The van der Waals surface area contributed by atoms with Crippen molar-refractivity contribution in [2.75, 3.05) is 0 Å². The number of hydrogen-bond acceptors (Lipinski definition) is 7. The Hall–Kier alpha value is -2.83. The van der Waals surface area contributed by atoms with Crippen molar-refractivity contribution in [2.24, 2.45) is 0 Å². The number of ether oxygens (including phenoxy) is 2. The van der Waals surface area contributed by atoms with E-state index in [1.165, 1.54) is 230 Å². The highest BCUT2D eigenvalue weighted by Gasteiger charge is 2.28. The zero-order chi connectivity index (χ0) is 50.1. The van der Waals surface area contributed by atoms with Gasteiger partial charge in [0.2, 0.25) is 0 Å². The van der Waals surface area contributed by atoms with E-state index in [2.05, 4.69) is 20.8 Å². The minimum Gasteiger partial charge on any atom is -0.389 e. The topological polar surface area (TPSA) is 104 Å². The molecule has 0 aliphatic heterocycles. The largest absolute Gasteiger partial charge is 0.389 e. The van der Waals surface area contributed by atoms with E-state index in [-0.39, 0.29) is 41.7 Å². The Labute approximate surface area is 425 Å². The van der Waals surface area contributed by atoms with Gasteiger partial charge in [0.1, 0.15) is 0 Å². The molecule has 0 saturated carbocycles. The van der Waals surface area contributed by atoms with Crippen molar-refractivity contribution in [2.45, 2.75) is 329 Å². The third-order valence-corrected chi connectivity index (χ3v) is 14.2. The number of benzene rings is 1. The molecule has 0 atom stereocenters. The van der Waals surface area contributed by atoms with Crippen LogP contribution in [0.4, 0.5) is 0 Å². The molecule has 0 aliphatic rings. The normalized spacial score (nSPS) is 11.3. The second-order valence-electron chi connectivity index (χ2n) is 20.8. The molecule has 0 bridgehead atoms. The highest BCUT2D eigenvalue weighted by Crippen LogP contribution is 2.23. The summed E-state index contributed by atoms with van der Waals surface area (Å²) in [6, 6.07) is 4.42. The number of ketones is 1. The zero-order valence-electron chi connectivity index (χ0n) is 45.5. The molecule has 0 N–H and O–H groups in total. The van der Waals surface area contributed by atoms with Crippen molar-refractivity contribution in [3.8, 4) is 0 Å². The molecule has 69 heavy (non-hydrogen) atoms. The van der Waals surface area contributed by atoms with Gasteiger partial charge in [-0.25, -0.2) is 9.59 Å². The summed E-state index contributed by atoms with van der Waals surface area (Å²) in [5.74, 6) is -3.66. The number of rotatable bonds is 51. The van der Waals surface area contributed by atoms with Crippen LogP contribution in [0.5, 0.6) is 0 Å². The molecule has 1 aromatic rings. The van der Waals surface area contributed by atoms with Crippen LogP contribution < -0.4 is 0 Å². The minimum atomic E-state index is -1.04. The number of carbonyl (C=O) groups is 5. The fourth-order valence-corrected chi connectivity index (χ4v) is 9.66. The van der Waals surface area contributed by atoms with Gasteiger partial charge in [0.05, 0.1) is 11.1 Å². The van der Waals surface area contributed by atoms with Crippen molar-refractivity contribution in [3.05, 3.63) is 34.9 Å². The van der Waals surface area contributed by atoms with Crippen molar-refractivity contribution in [1.29, 1.82) is 0 Å². The van der Waals surface area contributed by atoms with Crippen molar-refractivity contribution >= 4 is 29.7 Å². The number of unbranched alkanes of at least 4 members (excludes halogenated alkanes) is 42. The van der Waals surface area contributed by atoms with Gasteiger partial charge in [-0.1, -0.05) is 303 Å². The Morgan fingerprint density at radius 3 is 0.812 bits per heavy atom. The van der Waals surface area contributed by atoms with Gasteiger partial charge >= 0.3 is 23.9 Å². The Bertz CT molecular complexity index is 1400. The molecular formula is C62H108O7. The lowest BCUT2D eigenvalue weighted by molar-refractivity contribution is -0.139. The van der Waals surface area contributed by atoms with Gasteiger partial charge in [-0.15, -0.1) is 0 Å². The van der Waals surface area contributed by atoms with Crippen LogP contribution in [-0.2, 0) is 19.1 Å². The Morgan fingerprint density at radius 2 is 0.522 bits per heavy atom. The Morgan fingerprint density at radius 1 is 0.290 bits per heavy atom. The number of hydrogen-bond donors (Lipinski definition) is 0. The van der Waals surface area contributed by atoms with E-state index in [9.17, 15) is 24.0 Å². The molecule has 0 unspecified atom stereocenters. The molecule has 0 fully saturated rings. The van der Waals surface area contributed by atoms with Gasteiger partial charge < -0.3 is 9.47 Å². The molecule has 0 spiro atoms. The monoisotopic (exact) mass is 965 g/mol. The Balaban J connectivity index is 2.60. The molecule has 1 aromatic carbocycles. The summed E-state index contributed by atoms with van der Waals surface area (Å²) in [7, 11) is 0. The highest BCUT2D eigenvalue weighted by atomic mass is 16.6. The standard InChI is InChI=1S/C62H108O7/c1-4-7-10-13-16-19-22-25-28-31-34-37-40-43-46-52-57(63)55-50-49-51-56(61(66)68-58(64)53-47-44-41-38-35-32-29-26-23-20-17-14-11-8-5-2)60(55)62(67)69-59(65)54-48-45-42-39-36-33-30-27-24-21-18-15-12-9-6-3/h49-51H,4-48,52-54H2,1-3H3. The summed E-state index contributed by atoms with van der Waals surface area (Å²) in [6.45, 7) is 6.78. The first-order valence-electron chi connectivity index (χ1n) is 30.0. The van der Waals surface area contributed by atoms with Gasteiger partial charge in [0.15, 0.2) is 5.78 Å². The molecule has 0 aromatic heterocycles. The van der Waals surface area contributed by atoms with E-state index in [0.29, 0.717) is 19.3 Å². The van der Waals surface area contributed by atoms with Gasteiger partial charge in [-0.3, -0.25) is 14.4 Å². The molecule has 398 valence electrons. The van der Waals surface area contributed by atoms with E-state index in [0.717, 1.165) is 57.8 Å². The highest BCUT2D eigenvalue weighted by molar-refractivity contribution is 6.14. The van der Waals surface area contributed by atoms with Crippen LogP contribution in [0.15, 0.2) is 18.2 Å². The van der Waals surface area contributed by atoms with E-state index >= 15 is 0 Å². The lowest BCUT2D eigenvalue weighted by Crippen LogP contribution is -2.22. The van der Waals surface area contributed by atoms with Crippen molar-refractivity contribution in [1.82, 2.24) is 0 Å². The van der Waals surface area contributed by atoms with E-state index in [1.807, 2.05) is 0 Å². The summed E-state index contributed by atoms with van der Waals surface area (Å²) in [5, 5.41) is 0. The second kappa shape index (κ2) is 48.8. The zero-order valence-corrected chi connectivity index (χ0v) is 45.5. The van der Waals surface area contributed by atoms with Crippen LogP contribution in [0, 0.1) is 0 Å². The molecule has 0 saturated heterocycles. The summed E-state index contributed by atoms with van der Waals surface area (Å²) >= 11 is 0. The third kappa shape index (κ3) is 38.5. The van der Waals surface area contributed by atoms with Crippen LogP contribution in [0.25, 0.3) is 0 Å². The first-order chi connectivity index (χ1) is 33.8. The average molecular weight is 966 g/mol. The second-order valence-corrected chi connectivity index (χ2v) is 20.8. The molecule has 0 amide bonds. The van der Waals surface area contributed by atoms with Gasteiger partial charge in [0.25, 0.3) is 0 Å². The molecular weight excluding hydrogens is 857 g/mol. The van der Waals surface area contributed by atoms with Crippen LogP contribution in [0.2, 0.25) is 0 Å². The maximum atomic E-state index is 13.7. The summed E-state index contributed by atoms with van der Waals surface area (Å²) in [6.07, 6.45) is 55.0. The number of Topliss-reactive ketones (excluding diaryl/α,β-unsaturated/α-hetero) is 1. The van der Waals surface area contributed by atoms with Crippen molar-refractivity contribution < 1.29 is 33.4 Å². The first-order valence-corrected chi connectivity index (χ1v) is 30.0. The smallest absolute Gasteiger partial charge is 0.347 e. The summed E-state index contributed by atoms with van der Waals surface area (Å²) in [4.78, 5) is 66.7. The van der Waals surface area contributed by atoms with E-state index in [4.69, 9.17) is 9.47 Å². The maximum Gasteiger partial charge on any atom is 0.347 e. The molecule has 7 heteroatoms. The minimum absolute atomic E-state index is 0.0365. The molecule has 7 nitrogen and oxygen atoms in total. The lowest BCUT2D eigenvalue weighted by Gasteiger charge is -2.13. The predicted octanol–water partition coefficient (Wildman–Crippen LogP) is 20.0. The maximum absolute atomic E-state index is 13.7. The summed E-state index contributed by atoms with van der Waals surface area (Å²) < 4.78 is 10.6. The number of carbonyl (C=O) groups excluding carboxylic acids is 5. The molecule has 0 radical (unpaired) electrons. The van der Waals surface area contributed by atoms with Gasteiger partial charge in [-0.2, -0.15) is 0 Å². The number of esters is 4. The molecule has 0 heterocycles. The Kier molecular flexibility index (Phi) is 45.4. The van der Waals surface area contributed by atoms with E-state index < -0.39 is 23.9 Å².